The van der Waals surface area contributed by atoms with Crippen molar-refractivity contribution < 1.29 is 0 Å². The second-order valence-electron chi connectivity index (χ2n) is 5.35. The van der Waals surface area contributed by atoms with Gasteiger partial charge in [0.25, 0.3) is 0 Å². The number of alkyl halides is 1. The average molecular weight is 277 g/mol. The minimum atomic E-state index is 0.195. The molecular formula is C16H21ClN2. The molecule has 0 fully saturated rings. The van der Waals surface area contributed by atoms with Gasteiger partial charge in [0.1, 0.15) is 0 Å². The largest absolute Gasteiger partial charge is 0.310 e. The number of nitrogens with zero attached hydrogens (tertiary/aromatic N) is 1. The third-order valence-electron chi connectivity index (χ3n) is 3.06. The zero-order valence-corrected chi connectivity index (χ0v) is 12.3. The van der Waals surface area contributed by atoms with Crippen molar-refractivity contribution in [1.29, 1.82) is 0 Å². The van der Waals surface area contributed by atoms with Crippen LogP contribution in [0.15, 0.2) is 36.4 Å². The molecule has 102 valence electrons. The molecule has 1 atom stereocenters. The van der Waals surface area contributed by atoms with Crippen molar-refractivity contribution >= 4 is 22.5 Å². The van der Waals surface area contributed by atoms with Crippen molar-refractivity contribution in [3.8, 4) is 0 Å². The monoisotopic (exact) mass is 276 g/mol. The van der Waals surface area contributed by atoms with E-state index in [-0.39, 0.29) is 5.38 Å². The first-order valence-corrected chi connectivity index (χ1v) is 7.28. The number of hydrogen-bond acceptors (Lipinski definition) is 2. The Labute approximate surface area is 120 Å². The van der Waals surface area contributed by atoms with Gasteiger partial charge in [-0.25, -0.2) is 0 Å². The number of nitrogens with one attached hydrogen (secondary N) is 1. The minimum Gasteiger partial charge on any atom is -0.310 e. The summed E-state index contributed by atoms with van der Waals surface area (Å²) in [5.41, 5.74) is 2.11. The summed E-state index contributed by atoms with van der Waals surface area (Å²) in [6.45, 7) is 5.99. The molecule has 2 rings (SSSR count). The normalized spacial score (nSPS) is 13.1. The van der Waals surface area contributed by atoms with Crippen LogP contribution in [0.1, 0.15) is 26.0 Å². The van der Waals surface area contributed by atoms with Crippen LogP contribution >= 0.6 is 11.6 Å². The third kappa shape index (κ3) is 4.48. The number of para-hydroxylation sites is 1. The Morgan fingerprint density at radius 2 is 1.95 bits per heavy atom. The molecule has 0 amide bonds. The van der Waals surface area contributed by atoms with E-state index < -0.39 is 0 Å². The molecule has 0 saturated carbocycles. The lowest BCUT2D eigenvalue weighted by Gasteiger charge is -2.12. The van der Waals surface area contributed by atoms with Crippen LogP contribution < -0.4 is 5.32 Å². The van der Waals surface area contributed by atoms with E-state index in [1.165, 1.54) is 5.39 Å². The highest BCUT2D eigenvalue weighted by Gasteiger charge is 2.06. The first-order valence-electron chi connectivity index (χ1n) is 6.84. The maximum absolute atomic E-state index is 6.25. The smallest absolute Gasteiger partial charge is 0.0705 e. The van der Waals surface area contributed by atoms with E-state index in [1.54, 1.807) is 0 Å². The molecule has 0 aliphatic heterocycles. The fourth-order valence-electron chi connectivity index (χ4n) is 2.16. The summed E-state index contributed by atoms with van der Waals surface area (Å²) >= 11 is 6.25. The van der Waals surface area contributed by atoms with E-state index in [0.29, 0.717) is 5.92 Å². The van der Waals surface area contributed by atoms with Gasteiger partial charge in [-0.2, -0.15) is 0 Å². The molecule has 19 heavy (non-hydrogen) atoms. The molecule has 1 unspecified atom stereocenters. The fraction of sp³-hybridized carbons (Fsp3) is 0.438. The van der Waals surface area contributed by atoms with E-state index >= 15 is 0 Å². The van der Waals surface area contributed by atoms with Gasteiger partial charge in [-0.05, 0) is 24.5 Å². The maximum Gasteiger partial charge on any atom is 0.0705 e. The number of fused-ring (bicyclic) bond motifs is 1. The van der Waals surface area contributed by atoms with E-state index in [0.717, 1.165) is 30.7 Å². The Hall–Kier alpha value is -1.12. The number of aromatic nitrogens is 1. The Bertz CT molecular complexity index is 525. The SMILES string of the molecule is CC(C)CC(Cl)CNCc1ccc2ccccc2n1. The number of halogens is 1. The van der Waals surface area contributed by atoms with Crippen LogP contribution in [0.2, 0.25) is 0 Å². The van der Waals surface area contributed by atoms with Crippen LogP contribution in [0.5, 0.6) is 0 Å². The van der Waals surface area contributed by atoms with Gasteiger partial charge in [0.05, 0.1) is 11.2 Å². The van der Waals surface area contributed by atoms with Crippen molar-refractivity contribution in [2.45, 2.75) is 32.2 Å². The summed E-state index contributed by atoms with van der Waals surface area (Å²) in [7, 11) is 0. The molecule has 3 heteroatoms. The molecule has 0 radical (unpaired) electrons. The lowest BCUT2D eigenvalue weighted by atomic mass is 10.1. The van der Waals surface area contributed by atoms with Crippen LogP contribution in [0.25, 0.3) is 10.9 Å². The Balaban J connectivity index is 1.88. The summed E-state index contributed by atoms with van der Waals surface area (Å²) in [6, 6.07) is 12.4. The molecule has 0 saturated heterocycles. The molecule has 1 heterocycles. The molecule has 1 aromatic carbocycles. The first-order chi connectivity index (χ1) is 9.15. The lowest BCUT2D eigenvalue weighted by molar-refractivity contribution is 0.532. The zero-order chi connectivity index (χ0) is 13.7. The Morgan fingerprint density at radius 1 is 1.16 bits per heavy atom. The van der Waals surface area contributed by atoms with Gasteiger partial charge in [0.2, 0.25) is 0 Å². The van der Waals surface area contributed by atoms with Gasteiger partial charge >= 0.3 is 0 Å². The molecule has 1 N–H and O–H groups in total. The summed E-state index contributed by atoms with van der Waals surface area (Å²) in [6.07, 6.45) is 1.04. The molecule has 1 aromatic heterocycles. The van der Waals surface area contributed by atoms with E-state index in [2.05, 4.69) is 42.3 Å². The van der Waals surface area contributed by atoms with Crippen LogP contribution in [0, 0.1) is 5.92 Å². The van der Waals surface area contributed by atoms with Gasteiger partial charge in [0.15, 0.2) is 0 Å². The minimum absolute atomic E-state index is 0.195. The van der Waals surface area contributed by atoms with Crippen molar-refractivity contribution in [3.63, 3.8) is 0 Å². The van der Waals surface area contributed by atoms with Gasteiger partial charge in [-0.15, -0.1) is 11.6 Å². The highest BCUT2D eigenvalue weighted by molar-refractivity contribution is 6.20. The quantitative estimate of drug-likeness (QED) is 0.808. The second kappa shape index (κ2) is 6.88. The standard InChI is InChI=1S/C16H21ClN2/c1-12(2)9-14(17)10-18-11-15-8-7-13-5-3-4-6-16(13)19-15/h3-8,12,14,18H,9-11H2,1-2H3. The zero-order valence-electron chi connectivity index (χ0n) is 11.6. The average Bonchev–Trinajstić information content (AvgIpc) is 2.37. The van der Waals surface area contributed by atoms with Gasteiger partial charge in [-0.3, -0.25) is 4.98 Å². The first kappa shape index (κ1) is 14.3. The van der Waals surface area contributed by atoms with Crippen molar-refractivity contribution in [2.75, 3.05) is 6.54 Å². The van der Waals surface area contributed by atoms with Crippen LogP contribution in [0.4, 0.5) is 0 Å². The van der Waals surface area contributed by atoms with E-state index in [4.69, 9.17) is 11.6 Å². The Kier molecular flexibility index (Phi) is 5.17. The maximum atomic E-state index is 6.25. The predicted octanol–water partition coefficient (Wildman–Crippen LogP) is 3.98. The molecule has 0 spiro atoms. The van der Waals surface area contributed by atoms with Gasteiger partial charge in [0, 0.05) is 23.9 Å². The van der Waals surface area contributed by atoms with E-state index in [1.807, 2.05) is 18.2 Å². The van der Waals surface area contributed by atoms with E-state index in [9.17, 15) is 0 Å². The van der Waals surface area contributed by atoms with Crippen LogP contribution in [-0.2, 0) is 6.54 Å². The number of pyridine rings is 1. The lowest BCUT2D eigenvalue weighted by Crippen LogP contribution is -2.24. The highest BCUT2D eigenvalue weighted by Crippen LogP contribution is 2.12. The third-order valence-corrected chi connectivity index (χ3v) is 3.39. The summed E-state index contributed by atoms with van der Waals surface area (Å²) < 4.78 is 0. The molecule has 0 aliphatic carbocycles. The number of hydrogen-bond donors (Lipinski definition) is 1. The number of benzene rings is 1. The summed E-state index contributed by atoms with van der Waals surface area (Å²) in [4.78, 5) is 4.63. The molecule has 2 nitrogen and oxygen atoms in total. The van der Waals surface area contributed by atoms with Gasteiger partial charge < -0.3 is 5.32 Å². The molecule has 0 aliphatic rings. The number of rotatable bonds is 6. The molecule has 2 aromatic rings. The summed E-state index contributed by atoms with van der Waals surface area (Å²) in [5, 5.41) is 4.75. The predicted molar refractivity (Wildman–Crippen MR) is 82.5 cm³/mol. The van der Waals surface area contributed by atoms with Crippen molar-refractivity contribution in [3.05, 3.63) is 42.1 Å². The Morgan fingerprint density at radius 3 is 2.74 bits per heavy atom. The second-order valence-corrected chi connectivity index (χ2v) is 5.97. The van der Waals surface area contributed by atoms with Crippen molar-refractivity contribution in [2.24, 2.45) is 5.92 Å². The van der Waals surface area contributed by atoms with Gasteiger partial charge in [-0.1, -0.05) is 38.1 Å². The topological polar surface area (TPSA) is 24.9 Å². The summed E-state index contributed by atoms with van der Waals surface area (Å²) in [5.74, 6) is 0.642. The molecule has 0 bridgehead atoms. The molecular weight excluding hydrogens is 256 g/mol. The highest BCUT2D eigenvalue weighted by atomic mass is 35.5. The van der Waals surface area contributed by atoms with Crippen molar-refractivity contribution in [1.82, 2.24) is 10.3 Å². The fourth-order valence-corrected chi connectivity index (χ4v) is 2.62. The van der Waals surface area contributed by atoms with Crippen LogP contribution in [-0.4, -0.2) is 16.9 Å². The van der Waals surface area contributed by atoms with Crippen LogP contribution in [0.3, 0.4) is 0 Å².